The number of hydrogen-bond acceptors (Lipinski definition) is 3. The van der Waals surface area contributed by atoms with Gasteiger partial charge in [0.25, 0.3) is 0 Å². The summed E-state index contributed by atoms with van der Waals surface area (Å²) in [4.78, 5) is 14.2. The number of ether oxygens (including phenoxy) is 1. The molecule has 0 fully saturated rings. The summed E-state index contributed by atoms with van der Waals surface area (Å²) >= 11 is 0. The number of pyridine rings is 1. The molecule has 1 aromatic heterocycles. The van der Waals surface area contributed by atoms with E-state index in [9.17, 15) is 31.1 Å². The van der Waals surface area contributed by atoms with Crippen LogP contribution in [0.3, 0.4) is 0 Å². The lowest BCUT2D eigenvalue weighted by Crippen LogP contribution is -2.19. The zero-order chi connectivity index (χ0) is 14.8. The fraction of sp³-hybridized carbons (Fsp3) is 0.400. The van der Waals surface area contributed by atoms with Gasteiger partial charge in [-0.05, 0) is 13.0 Å². The Bertz CT molecular complexity index is 480. The predicted molar refractivity (Wildman–Crippen MR) is 50.2 cm³/mol. The number of aromatic nitrogens is 1. The van der Waals surface area contributed by atoms with Crippen LogP contribution in [0.5, 0.6) is 0 Å². The van der Waals surface area contributed by atoms with E-state index in [0.29, 0.717) is 0 Å². The van der Waals surface area contributed by atoms with E-state index in [1.807, 2.05) is 0 Å². The molecule has 0 N–H and O–H groups in total. The average Bonchev–Trinajstić information content (AvgIpc) is 2.26. The van der Waals surface area contributed by atoms with Gasteiger partial charge in [-0.1, -0.05) is 0 Å². The summed E-state index contributed by atoms with van der Waals surface area (Å²) in [5.41, 5.74) is -4.76. The van der Waals surface area contributed by atoms with Crippen molar-refractivity contribution in [2.75, 3.05) is 6.61 Å². The Balaban J connectivity index is 3.36. The van der Waals surface area contributed by atoms with E-state index in [2.05, 4.69) is 9.72 Å². The van der Waals surface area contributed by atoms with Gasteiger partial charge in [-0.15, -0.1) is 0 Å². The molecule has 0 spiro atoms. The summed E-state index contributed by atoms with van der Waals surface area (Å²) in [5.74, 6) is -1.22. The lowest BCUT2D eigenvalue weighted by atomic mass is 10.1. The van der Waals surface area contributed by atoms with Crippen LogP contribution < -0.4 is 0 Å². The standard InChI is InChI=1S/C10H7F6NO2/c1-2-19-8(18)7-3-5(9(11,12)13)6(4-17-7)10(14,15)16/h3-4H,2H2,1H3. The van der Waals surface area contributed by atoms with Crippen molar-refractivity contribution >= 4 is 5.97 Å². The molecule has 1 aromatic rings. The van der Waals surface area contributed by atoms with E-state index in [0.717, 1.165) is 0 Å². The molecule has 0 aromatic carbocycles. The monoisotopic (exact) mass is 287 g/mol. The zero-order valence-electron chi connectivity index (χ0n) is 9.39. The molecule has 0 saturated heterocycles. The molecule has 19 heavy (non-hydrogen) atoms. The highest BCUT2D eigenvalue weighted by Crippen LogP contribution is 2.40. The summed E-state index contributed by atoms with van der Waals surface area (Å²) in [6.45, 7) is 1.26. The van der Waals surface area contributed by atoms with Crippen molar-refractivity contribution < 1.29 is 35.9 Å². The highest BCUT2D eigenvalue weighted by atomic mass is 19.4. The molecule has 0 amide bonds. The van der Waals surface area contributed by atoms with Crippen LogP contribution in [-0.4, -0.2) is 17.6 Å². The predicted octanol–water partition coefficient (Wildman–Crippen LogP) is 3.30. The molecule has 3 nitrogen and oxygen atoms in total. The van der Waals surface area contributed by atoms with E-state index in [1.54, 1.807) is 0 Å². The van der Waals surface area contributed by atoms with Gasteiger partial charge in [0.1, 0.15) is 5.69 Å². The van der Waals surface area contributed by atoms with Crippen molar-refractivity contribution in [3.05, 3.63) is 29.1 Å². The van der Waals surface area contributed by atoms with Gasteiger partial charge in [-0.3, -0.25) is 0 Å². The number of carbonyl (C=O) groups is 1. The number of nitrogens with zero attached hydrogens (tertiary/aromatic N) is 1. The first kappa shape index (κ1) is 15.3. The second-order valence-corrected chi connectivity index (χ2v) is 3.33. The highest BCUT2D eigenvalue weighted by molar-refractivity contribution is 5.87. The van der Waals surface area contributed by atoms with Crippen molar-refractivity contribution in [2.24, 2.45) is 0 Å². The third-order valence-corrected chi connectivity index (χ3v) is 2.00. The minimum absolute atomic E-state index is 0.0286. The largest absolute Gasteiger partial charge is 0.461 e. The number of hydrogen-bond donors (Lipinski definition) is 0. The van der Waals surface area contributed by atoms with E-state index < -0.39 is 35.1 Å². The van der Waals surface area contributed by atoms with Gasteiger partial charge < -0.3 is 4.74 Å². The first-order valence-corrected chi connectivity index (χ1v) is 4.89. The Morgan fingerprint density at radius 2 is 1.68 bits per heavy atom. The molecule has 9 heteroatoms. The van der Waals surface area contributed by atoms with Crippen LogP contribution in [0.4, 0.5) is 26.3 Å². The van der Waals surface area contributed by atoms with Gasteiger partial charge in [0, 0.05) is 6.20 Å². The maximum atomic E-state index is 12.5. The first-order valence-electron chi connectivity index (χ1n) is 4.89. The second kappa shape index (κ2) is 5.06. The van der Waals surface area contributed by atoms with Crippen LogP contribution in [0.1, 0.15) is 28.5 Å². The molecule has 0 atom stereocenters. The summed E-state index contributed by atoms with van der Waals surface area (Å²) in [5, 5.41) is 0. The van der Waals surface area contributed by atoms with Crippen LogP contribution in [0.15, 0.2) is 12.3 Å². The highest BCUT2D eigenvalue weighted by Gasteiger charge is 2.44. The third kappa shape index (κ3) is 3.58. The molecule has 0 saturated carbocycles. The maximum Gasteiger partial charge on any atom is 0.418 e. The van der Waals surface area contributed by atoms with E-state index in [4.69, 9.17) is 0 Å². The Morgan fingerprint density at radius 3 is 2.11 bits per heavy atom. The SMILES string of the molecule is CCOC(=O)c1cc(C(F)(F)F)c(C(F)(F)F)cn1. The number of carbonyl (C=O) groups excluding carboxylic acids is 1. The van der Waals surface area contributed by atoms with E-state index >= 15 is 0 Å². The topological polar surface area (TPSA) is 39.2 Å². The molecule has 0 bridgehead atoms. The lowest BCUT2D eigenvalue weighted by molar-refractivity contribution is -0.162. The Kier molecular flexibility index (Phi) is 4.06. The summed E-state index contributed by atoms with van der Waals surface area (Å²) in [7, 11) is 0. The van der Waals surface area contributed by atoms with Crippen LogP contribution >= 0.6 is 0 Å². The van der Waals surface area contributed by atoms with Gasteiger partial charge in [-0.2, -0.15) is 26.3 Å². The maximum absolute atomic E-state index is 12.5. The van der Waals surface area contributed by atoms with Gasteiger partial charge in [0.2, 0.25) is 0 Å². The normalized spacial score (nSPS) is 12.4. The molecule has 0 aliphatic rings. The summed E-state index contributed by atoms with van der Waals surface area (Å²) in [6, 6.07) is 0.0286. The number of halogens is 6. The minimum atomic E-state index is -5.25. The Hall–Kier alpha value is -1.80. The molecular weight excluding hydrogens is 280 g/mol. The molecule has 0 aliphatic carbocycles. The summed E-state index contributed by atoms with van der Waals surface area (Å²) < 4.78 is 79.2. The van der Waals surface area contributed by atoms with Crippen molar-refractivity contribution in [1.29, 1.82) is 0 Å². The first-order chi connectivity index (χ1) is 8.57. The van der Waals surface area contributed by atoms with Crippen molar-refractivity contribution in [3.63, 3.8) is 0 Å². The third-order valence-electron chi connectivity index (χ3n) is 2.00. The van der Waals surface area contributed by atoms with Gasteiger partial charge >= 0.3 is 18.3 Å². The van der Waals surface area contributed by atoms with Crippen molar-refractivity contribution in [3.8, 4) is 0 Å². The Labute approximate surface area is 103 Å². The second-order valence-electron chi connectivity index (χ2n) is 3.33. The Morgan fingerprint density at radius 1 is 1.16 bits per heavy atom. The smallest absolute Gasteiger partial charge is 0.418 e. The van der Waals surface area contributed by atoms with Crippen LogP contribution in [0.2, 0.25) is 0 Å². The number of alkyl halides is 6. The van der Waals surface area contributed by atoms with Crippen LogP contribution in [0, 0.1) is 0 Å². The van der Waals surface area contributed by atoms with Gasteiger partial charge in [0.15, 0.2) is 0 Å². The lowest BCUT2D eigenvalue weighted by Gasteiger charge is -2.15. The molecule has 1 heterocycles. The molecule has 0 unspecified atom stereocenters. The van der Waals surface area contributed by atoms with Gasteiger partial charge in [-0.25, -0.2) is 9.78 Å². The van der Waals surface area contributed by atoms with Gasteiger partial charge in [0.05, 0.1) is 17.7 Å². The zero-order valence-corrected chi connectivity index (χ0v) is 9.39. The molecule has 0 aliphatic heterocycles. The summed E-state index contributed by atoms with van der Waals surface area (Å²) in [6.07, 6.45) is -10.5. The quantitative estimate of drug-likeness (QED) is 0.619. The average molecular weight is 287 g/mol. The van der Waals surface area contributed by atoms with E-state index in [-0.39, 0.29) is 18.9 Å². The van der Waals surface area contributed by atoms with Crippen LogP contribution in [0.25, 0.3) is 0 Å². The molecule has 1 rings (SSSR count). The molecule has 106 valence electrons. The fourth-order valence-electron chi connectivity index (χ4n) is 1.23. The minimum Gasteiger partial charge on any atom is -0.461 e. The van der Waals surface area contributed by atoms with Crippen molar-refractivity contribution in [1.82, 2.24) is 4.98 Å². The number of rotatable bonds is 2. The molecule has 0 radical (unpaired) electrons. The van der Waals surface area contributed by atoms with E-state index in [1.165, 1.54) is 6.92 Å². The molecular formula is C10H7F6NO2. The number of esters is 1. The fourth-order valence-corrected chi connectivity index (χ4v) is 1.23. The van der Waals surface area contributed by atoms with Crippen LogP contribution in [-0.2, 0) is 17.1 Å². The van der Waals surface area contributed by atoms with Crippen molar-refractivity contribution in [2.45, 2.75) is 19.3 Å².